The van der Waals surface area contributed by atoms with E-state index in [0.29, 0.717) is 12.8 Å². The van der Waals surface area contributed by atoms with E-state index in [0.717, 1.165) is 25.7 Å². The molecule has 9 heteroatoms. The Morgan fingerprint density at radius 2 is 1.47 bits per heavy atom. The minimum Gasteiger partial charge on any atom is -0.394 e. The number of carbonyl (C=O) groups is 1. The van der Waals surface area contributed by atoms with Crippen molar-refractivity contribution in [2.45, 2.75) is 77.2 Å². The molecular weight excluding hydrogens is 457 g/mol. The van der Waals surface area contributed by atoms with Crippen molar-refractivity contribution in [3.63, 3.8) is 0 Å². The van der Waals surface area contributed by atoms with Crippen molar-refractivity contribution in [3.8, 4) is 0 Å². The van der Waals surface area contributed by atoms with Gasteiger partial charge in [0.1, 0.15) is 6.10 Å². The number of aliphatic hydroxyl groups is 2. The van der Waals surface area contributed by atoms with E-state index < -0.39 is 27.1 Å². The van der Waals surface area contributed by atoms with E-state index in [1.54, 1.807) is 0 Å². The van der Waals surface area contributed by atoms with Gasteiger partial charge in [-0.3, -0.25) is 13.8 Å². The highest BCUT2D eigenvalue weighted by Crippen LogP contribution is 2.42. The Balaban J connectivity index is 3.63. The average Bonchev–Trinajstić information content (AvgIpc) is 2.82. The topological polar surface area (TPSA) is 125 Å². The smallest absolute Gasteiger partial charge is 0.394 e. The second kappa shape index (κ2) is 23.2. The fourth-order valence-electron chi connectivity index (χ4n) is 2.65. The SMILES string of the molecule is CCCCC/C=C\C/C=C\C/C=C\C/C=C\CCCC(=O)NCCOP(=O)(O)OC[C@@H](O)CO. The van der Waals surface area contributed by atoms with E-state index in [2.05, 4.69) is 69.9 Å². The van der Waals surface area contributed by atoms with Crippen LogP contribution in [0.5, 0.6) is 0 Å². The first kappa shape index (κ1) is 32.5. The first-order valence-corrected chi connectivity index (χ1v) is 13.7. The maximum absolute atomic E-state index is 11.7. The molecule has 0 aromatic rings. The molecule has 0 saturated carbocycles. The van der Waals surface area contributed by atoms with Crippen LogP contribution in [0.1, 0.15) is 71.1 Å². The van der Waals surface area contributed by atoms with Gasteiger partial charge in [-0.1, -0.05) is 68.4 Å². The van der Waals surface area contributed by atoms with Gasteiger partial charge in [0.25, 0.3) is 0 Å². The molecule has 0 aromatic carbocycles. The van der Waals surface area contributed by atoms with Gasteiger partial charge in [0, 0.05) is 13.0 Å². The summed E-state index contributed by atoms with van der Waals surface area (Å²) in [6, 6.07) is 0. The van der Waals surface area contributed by atoms with Gasteiger partial charge in [0.15, 0.2) is 0 Å². The van der Waals surface area contributed by atoms with Crippen LogP contribution in [-0.2, 0) is 18.4 Å². The number of phosphoric ester groups is 1. The fraction of sp³-hybridized carbons (Fsp3) is 0.640. The lowest BCUT2D eigenvalue weighted by Gasteiger charge is -2.14. The van der Waals surface area contributed by atoms with Gasteiger partial charge >= 0.3 is 7.82 Å². The first-order chi connectivity index (χ1) is 16.4. The predicted octanol–water partition coefficient (Wildman–Crippen LogP) is 4.74. The number of rotatable bonds is 22. The summed E-state index contributed by atoms with van der Waals surface area (Å²) in [5, 5.41) is 20.3. The number of amides is 1. The molecule has 0 spiro atoms. The Labute approximate surface area is 205 Å². The van der Waals surface area contributed by atoms with E-state index in [4.69, 9.17) is 10.2 Å². The molecule has 0 aromatic heterocycles. The number of carbonyl (C=O) groups excluding carboxylic acids is 1. The Kier molecular flexibility index (Phi) is 22.2. The van der Waals surface area contributed by atoms with Crippen LogP contribution in [0.25, 0.3) is 0 Å². The van der Waals surface area contributed by atoms with E-state index in [9.17, 15) is 14.3 Å². The Bertz CT molecular complexity index is 662. The normalized spacial score (nSPS) is 15.1. The largest absolute Gasteiger partial charge is 0.472 e. The number of nitrogens with one attached hydrogen (secondary N) is 1. The van der Waals surface area contributed by atoms with E-state index in [1.807, 2.05) is 0 Å². The lowest BCUT2D eigenvalue weighted by atomic mass is 10.2. The zero-order valence-electron chi connectivity index (χ0n) is 20.5. The second-order valence-corrected chi connectivity index (χ2v) is 9.22. The highest BCUT2D eigenvalue weighted by atomic mass is 31.2. The monoisotopic (exact) mass is 501 g/mol. The molecule has 0 radical (unpaired) electrons. The van der Waals surface area contributed by atoms with Gasteiger partial charge in [-0.15, -0.1) is 0 Å². The summed E-state index contributed by atoms with van der Waals surface area (Å²) in [4.78, 5) is 21.1. The highest BCUT2D eigenvalue weighted by molar-refractivity contribution is 7.47. The summed E-state index contributed by atoms with van der Waals surface area (Å²) in [5.74, 6) is -0.163. The van der Waals surface area contributed by atoms with Crippen molar-refractivity contribution in [1.82, 2.24) is 5.32 Å². The molecule has 4 N–H and O–H groups in total. The quantitative estimate of drug-likeness (QED) is 0.0959. The Morgan fingerprint density at radius 1 is 0.912 bits per heavy atom. The maximum atomic E-state index is 11.7. The predicted molar refractivity (Wildman–Crippen MR) is 136 cm³/mol. The third kappa shape index (κ3) is 23.6. The molecule has 0 aliphatic rings. The van der Waals surface area contributed by atoms with E-state index in [-0.39, 0.29) is 19.1 Å². The lowest BCUT2D eigenvalue weighted by molar-refractivity contribution is -0.121. The van der Waals surface area contributed by atoms with Gasteiger partial charge in [0.2, 0.25) is 5.91 Å². The summed E-state index contributed by atoms with van der Waals surface area (Å²) >= 11 is 0. The van der Waals surface area contributed by atoms with Crippen LogP contribution in [0.3, 0.4) is 0 Å². The molecule has 0 fully saturated rings. The molecule has 0 heterocycles. The van der Waals surface area contributed by atoms with Crippen molar-refractivity contribution in [2.24, 2.45) is 0 Å². The fourth-order valence-corrected chi connectivity index (χ4v) is 3.41. The van der Waals surface area contributed by atoms with Crippen LogP contribution < -0.4 is 5.32 Å². The number of allylic oxidation sites excluding steroid dienone is 8. The van der Waals surface area contributed by atoms with Crippen LogP contribution in [0, 0.1) is 0 Å². The molecule has 34 heavy (non-hydrogen) atoms. The average molecular weight is 502 g/mol. The molecule has 196 valence electrons. The highest BCUT2D eigenvalue weighted by Gasteiger charge is 2.22. The molecule has 0 aliphatic heterocycles. The van der Waals surface area contributed by atoms with Crippen LogP contribution in [0.2, 0.25) is 0 Å². The van der Waals surface area contributed by atoms with E-state index >= 15 is 0 Å². The van der Waals surface area contributed by atoms with Crippen LogP contribution >= 0.6 is 7.82 Å². The van der Waals surface area contributed by atoms with Crippen molar-refractivity contribution in [1.29, 1.82) is 0 Å². The number of hydrogen-bond acceptors (Lipinski definition) is 6. The van der Waals surface area contributed by atoms with Crippen molar-refractivity contribution in [3.05, 3.63) is 48.6 Å². The molecule has 0 aliphatic carbocycles. The second-order valence-electron chi connectivity index (χ2n) is 7.76. The number of hydrogen-bond donors (Lipinski definition) is 4. The molecule has 1 amide bonds. The third-order valence-electron chi connectivity index (χ3n) is 4.55. The lowest BCUT2D eigenvalue weighted by Crippen LogP contribution is -2.27. The van der Waals surface area contributed by atoms with Gasteiger partial charge in [-0.25, -0.2) is 4.57 Å². The molecular formula is C25H44NO7P. The van der Waals surface area contributed by atoms with Gasteiger partial charge in [-0.2, -0.15) is 0 Å². The summed E-state index contributed by atoms with van der Waals surface area (Å²) in [7, 11) is -4.32. The van der Waals surface area contributed by atoms with Crippen molar-refractivity contribution >= 4 is 13.7 Å². The van der Waals surface area contributed by atoms with E-state index in [1.165, 1.54) is 25.7 Å². The Hall–Kier alpha value is -1.54. The van der Waals surface area contributed by atoms with Gasteiger partial charge < -0.3 is 20.4 Å². The molecule has 1 unspecified atom stereocenters. The van der Waals surface area contributed by atoms with Gasteiger partial charge in [-0.05, 0) is 44.9 Å². The van der Waals surface area contributed by atoms with Crippen LogP contribution in [-0.4, -0.2) is 53.5 Å². The summed E-state index contributed by atoms with van der Waals surface area (Å²) in [6.45, 7) is 0.979. The zero-order valence-corrected chi connectivity index (χ0v) is 21.4. The summed E-state index contributed by atoms with van der Waals surface area (Å²) < 4.78 is 20.7. The number of unbranched alkanes of at least 4 members (excludes halogenated alkanes) is 4. The molecule has 8 nitrogen and oxygen atoms in total. The number of phosphoric acid groups is 1. The maximum Gasteiger partial charge on any atom is 0.472 e. The first-order valence-electron chi connectivity index (χ1n) is 12.2. The summed E-state index contributed by atoms with van der Waals surface area (Å²) in [5.41, 5.74) is 0. The van der Waals surface area contributed by atoms with Gasteiger partial charge in [0.05, 0.1) is 19.8 Å². The van der Waals surface area contributed by atoms with Crippen LogP contribution in [0.4, 0.5) is 0 Å². The van der Waals surface area contributed by atoms with Crippen molar-refractivity contribution in [2.75, 3.05) is 26.4 Å². The summed E-state index contributed by atoms with van der Waals surface area (Å²) in [6.07, 6.45) is 25.7. The minimum absolute atomic E-state index is 0.0691. The minimum atomic E-state index is -4.32. The molecule has 0 rings (SSSR count). The standard InChI is InChI=1S/C25H44NO7P/c1-2-3-4-5-6-7-8-9-10-11-12-13-14-15-16-17-18-19-25(29)26-20-21-32-34(30,31)33-23-24(28)22-27/h6-7,9-10,12-13,15-16,24,27-28H,2-5,8,11,14,17-23H2,1H3,(H,26,29)(H,30,31)/b7-6-,10-9-,13-12-,16-15-/t24-/m0/s1. The number of aliphatic hydroxyl groups excluding tert-OH is 2. The molecule has 0 bridgehead atoms. The molecule has 0 saturated heterocycles. The van der Waals surface area contributed by atoms with Crippen LogP contribution in [0.15, 0.2) is 48.6 Å². The zero-order chi connectivity index (χ0) is 25.3. The Morgan fingerprint density at radius 3 is 2.03 bits per heavy atom. The molecule has 2 atom stereocenters. The van der Waals surface area contributed by atoms with Crippen molar-refractivity contribution < 1.29 is 33.5 Å². The third-order valence-corrected chi connectivity index (χ3v) is 5.54.